The summed E-state index contributed by atoms with van der Waals surface area (Å²) in [6, 6.07) is -0.639. The van der Waals surface area contributed by atoms with Crippen molar-refractivity contribution in [3.05, 3.63) is 12.2 Å². The Kier molecular flexibility index (Phi) is 53.0. The van der Waals surface area contributed by atoms with Gasteiger partial charge in [0, 0.05) is 12.8 Å². The molecule has 1 amide bonds. The van der Waals surface area contributed by atoms with Crippen LogP contribution >= 0.6 is 0 Å². The second-order valence-corrected chi connectivity index (χ2v) is 20.0. The number of amides is 1. The van der Waals surface area contributed by atoms with Crippen LogP contribution in [0.2, 0.25) is 0 Å². The summed E-state index contributed by atoms with van der Waals surface area (Å²) in [5, 5.41) is 23.2. The van der Waals surface area contributed by atoms with Crippen molar-refractivity contribution in [1.29, 1.82) is 0 Å². The summed E-state index contributed by atoms with van der Waals surface area (Å²) in [4.78, 5) is 24.5. The number of aliphatic hydroxyl groups excluding tert-OH is 2. The van der Waals surface area contributed by atoms with E-state index in [2.05, 4.69) is 19.2 Å². The zero-order chi connectivity index (χ0) is 46.5. The van der Waals surface area contributed by atoms with Crippen molar-refractivity contribution in [1.82, 2.24) is 5.32 Å². The first-order chi connectivity index (χ1) is 31.5. The van der Waals surface area contributed by atoms with Crippen LogP contribution in [-0.4, -0.2) is 47.4 Å². The molecule has 0 saturated heterocycles. The molecule has 0 aromatic rings. The topological polar surface area (TPSA) is 95.9 Å². The minimum absolute atomic E-state index is 0.0102. The van der Waals surface area contributed by atoms with Crippen LogP contribution in [0.3, 0.4) is 0 Å². The van der Waals surface area contributed by atoms with Crippen molar-refractivity contribution in [2.24, 2.45) is 0 Å². The predicted octanol–water partition coefficient (Wildman–Crippen LogP) is 17.7. The maximum Gasteiger partial charge on any atom is 0.305 e. The van der Waals surface area contributed by atoms with Gasteiger partial charge in [0.1, 0.15) is 0 Å². The van der Waals surface area contributed by atoms with Gasteiger partial charge in [0.2, 0.25) is 5.91 Å². The van der Waals surface area contributed by atoms with Crippen molar-refractivity contribution in [2.45, 2.75) is 334 Å². The van der Waals surface area contributed by atoms with E-state index in [9.17, 15) is 19.8 Å². The summed E-state index contributed by atoms with van der Waals surface area (Å²) in [6.07, 6.45) is 63.7. The molecule has 0 saturated carbocycles. The number of ether oxygens (including phenoxy) is 1. The minimum Gasteiger partial charge on any atom is -0.466 e. The second-order valence-electron chi connectivity index (χ2n) is 20.0. The lowest BCUT2D eigenvalue weighted by atomic mass is 10.0. The van der Waals surface area contributed by atoms with E-state index in [0.29, 0.717) is 19.4 Å². The third-order valence-electron chi connectivity index (χ3n) is 13.6. The van der Waals surface area contributed by atoms with E-state index in [1.54, 1.807) is 6.08 Å². The molecule has 3 N–H and O–H groups in total. The Morgan fingerprint density at radius 3 is 1.06 bits per heavy atom. The van der Waals surface area contributed by atoms with Crippen LogP contribution in [0, 0.1) is 0 Å². The van der Waals surface area contributed by atoms with Crippen molar-refractivity contribution in [2.75, 3.05) is 13.2 Å². The van der Waals surface area contributed by atoms with Gasteiger partial charge in [-0.3, -0.25) is 9.59 Å². The van der Waals surface area contributed by atoms with Gasteiger partial charge < -0.3 is 20.3 Å². The number of allylic oxidation sites excluding steroid dienone is 1. The minimum atomic E-state index is -0.854. The fourth-order valence-electron chi connectivity index (χ4n) is 9.11. The van der Waals surface area contributed by atoms with Gasteiger partial charge in [-0.1, -0.05) is 289 Å². The average molecular weight is 905 g/mol. The van der Waals surface area contributed by atoms with Gasteiger partial charge in [0.15, 0.2) is 0 Å². The van der Waals surface area contributed by atoms with E-state index in [1.807, 2.05) is 6.08 Å². The number of unbranched alkanes of at least 4 members (excludes halogenated alkanes) is 43. The van der Waals surface area contributed by atoms with E-state index in [-0.39, 0.29) is 18.5 Å². The largest absolute Gasteiger partial charge is 0.466 e. The van der Waals surface area contributed by atoms with Gasteiger partial charge in [-0.05, 0) is 32.1 Å². The number of hydrogen-bond donors (Lipinski definition) is 3. The van der Waals surface area contributed by atoms with Gasteiger partial charge in [0.05, 0.1) is 25.4 Å². The second kappa shape index (κ2) is 54.2. The molecule has 0 heterocycles. The zero-order valence-corrected chi connectivity index (χ0v) is 43.3. The lowest BCUT2D eigenvalue weighted by Crippen LogP contribution is -2.45. The number of rotatable bonds is 54. The van der Waals surface area contributed by atoms with E-state index in [0.717, 1.165) is 57.8 Å². The first kappa shape index (κ1) is 62.6. The van der Waals surface area contributed by atoms with Gasteiger partial charge >= 0.3 is 5.97 Å². The molecular formula is C58H113NO5. The van der Waals surface area contributed by atoms with Crippen LogP contribution in [-0.2, 0) is 14.3 Å². The summed E-state index contributed by atoms with van der Waals surface area (Å²) < 4.78 is 5.45. The molecule has 6 nitrogen and oxygen atoms in total. The average Bonchev–Trinajstić information content (AvgIpc) is 3.29. The maximum atomic E-state index is 12.5. The van der Waals surface area contributed by atoms with E-state index < -0.39 is 12.1 Å². The van der Waals surface area contributed by atoms with Crippen molar-refractivity contribution in [3.63, 3.8) is 0 Å². The predicted molar refractivity (Wildman–Crippen MR) is 278 cm³/mol. The first-order valence-electron chi connectivity index (χ1n) is 29.0. The molecule has 2 atom stereocenters. The monoisotopic (exact) mass is 904 g/mol. The molecule has 64 heavy (non-hydrogen) atoms. The fourth-order valence-corrected chi connectivity index (χ4v) is 9.11. The molecule has 0 aliphatic rings. The molecule has 6 heteroatoms. The number of esters is 1. The molecule has 0 aromatic heterocycles. The molecule has 0 aliphatic heterocycles. The SMILES string of the molecule is CCCCCCCCCCCCCCCCCCCCCCCC/C=C/C(O)C(CO)NC(=O)CCCCCCCCCCCCCCOC(=O)CCCCCCCCCCCCC. The van der Waals surface area contributed by atoms with Crippen LogP contribution in [0.1, 0.15) is 322 Å². The quantitative estimate of drug-likeness (QED) is 0.0321. The molecule has 0 aliphatic carbocycles. The summed E-state index contributed by atoms with van der Waals surface area (Å²) in [5.41, 5.74) is 0. The Labute approximate surface area is 399 Å². The molecule has 0 rings (SSSR count). The summed E-state index contributed by atoms with van der Waals surface area (Å²) >= 11 is 0. The number of nitrogens with one attached hydrogen (secondary N) is 1. The normalized spacial score (nSPS) is 12.6. The molecule has 0 fully saturated rings. The molecule has 0 bridgehead atoms. The number of aliphatic hydroxyl groups is 2. The van der Waals surface area contributed by atoms with Gasteiger partial charge in [-0.15, -0.1) is 0 Å². The summed E-state index contributed by atoms with van der Waals surface area (Å²) in [7, 11) is 0. The van der Waals surface area contributed by atoms with E-state index >= 15 is 0 Å². The third-order valence-corrected chi connectivity index (χ3v) is 13.6. The highest BCUT2D eigenvalue weighted by atomic mass is 16.5. The Bertz CT molecular complexity index is 955. The highest BCUT2D eigenvalue weighted by molar-refractivity contribution is 5.76. The smallest absolute Gasteiger partial charge is 0.305 e. The summed E-state index contributed by atoms with van der Waals surface area (Å²) in [6.45, 7) is 4.89. The number of carbonyl (C=O) groups is 2. The van der Waals surface area contributed by atoms with Crippen molar-refractivity contribution < 1.29 is 24.5 Å². The van der Waals surface area contributed by atoms with E-state index in [1.165, 1.54) is 238 Å². The number of hydrogen-bond acceptors (Lipinski definition) is 5. The number of carbonyl (C=O) groups excluding carboxylic acids is 2. The maximum absolute atomic E-state index is 12.5. The Morgan fingerprint density at radius 2 is 0.719 bits per heavy atom. The molecule has 0 aromatic carbocycles. The summed E-state index contributed by atoms with van der Waals surface area (Å²) in [5.74, 6) is -0.0900. The lowest BCUT2D eigenvalue weighted by molar-refractivity contribution is -0.143. The van der Waals surface area contributed by atoms with Crippen LogP contribution in [0.25, 0.3) is 0 Å². The highest BCUT2D eigenvalue weighted by Crippen LogP contribution is 2.17. The molecule has 0 radical (unpaired) electrons. The van der Waals surface area contributed by atoms with Crippen molar-refractivity contribution >= 4 is 11.9 Å². The lowest BCUT2D eigenvalue weighted by Gasteiger charge is -2.20. The standard InChI is InChI=1S/C58H113NO5/c1-3-5-7-9-11-13-15-16-17-18-19-20-21-22-23-24-25-26-27-31-34-38-42-46-50-56(61)55(54-60)59-57(62)51-47-43-39-35-32-28-29-33-37-41-45-49-53-64-58(63)52-48-44-40-36-30-14-12-10-8-6-4-2/h46,50,55-56,60-61H,3-45,47-49,51-54H2,1-2H3,(H,59,62)/b50-46+. The Morgan fingerprint density at radius 1 is 0.422 bits per heavy atom. The highest BCUT2D eigenvalue weighted by Gasteiger charge is 2.18. The third kappa shape index (κ3) is 50.0. The van der Waals surface area contributed by atoms with E-state index in [4.69, 9.17) is 4.74 Å². The van der Waals surface area contributed by atoms with Crippen LogP contribution < -0.4 is 5.32 Å². The van der Waals surface area contributed by atoms with Gasteiger partial charge in [0.25, 0.3) is 0 Å². The zero-order valence-electron chi connectivity index (χ0n) is 43.3. The molecular weight excluding hydrogens is 791 g/mol. The van der Waals surface area contributed by atoms with Crippen LogP contribution in [0.15, 0.2) is 12.2 Å². The molecule has 0 spiro atoms. The van der Waals surface area contributed by atoms with Crippen LogP contribution in [0.4, 0.5) is 0 Å². The fraction of sp³-hybridized carbons (Fsp3) is 0.931. The molecule has 2 unspecified atom stereocenters. The molecule has 380 valence electrons. The van der Waals surface area contributed by atoms with Crippen molar-refractivity contribution in [3.8, 4) is 0 Å². The first-order valence-corrected chi connectivity index (χ1v) is 29.0. The Balaban J connectivity index is 3.48. The van der Waals surface area contributed by atoms with Gasteiger partial charge in [-0.2, -0.15) is 0 Å². The Hall–Kier alpha value is -1.40. The van der Waals surface area contributed by atoms with Gasteiger partial charge in [-0.25, -0.2) is 0 Å². The van der Waals surface area contributed by atoms with Crippen LogP contribution in [0.5, 0.6) is 0 Å².